The van der Waals surface area contributed by atoms with Gasteiger partial charge in [-0.3, -0.25) is 4.98 Å². The van der Waals surface area contributed by atoms with Gasteiger partial charge in [-0.15, -0.1) is 0 Å². The van der Waals surface area contributed by atoms with E-state index in [-0.39, 0.29) is 5.97 Å². The molecule has 1 aromatic carbocycles. The normalized spacial score (nSPS) is 11.0. The molecule has 0 saturated heterocycles. The monoisotopic (exact) mass is 261 g/mol. The highest BCUT2D eigenvalue weighted by Gasteiger charge is 2.00. The number of fused-ring (bicyclic) bond motifs is 1. The molecule has 0 bridgehead atoms. The minimum Gasteiger partial charge on any atom is -0.463 e. The zero-order chi connectivity index (χ0) is 13.0. The van der Waals surface area contributed by atoms with E-state index in [1.165, 1.54) is 6.08 Å². The predicted octanol–water partition coefficient (Wildman–Crippen LogP) is 3.46. The van der Waals surface area contributed by atoms with E-state index >= 15 is 0 Å². The molecule has 2 rings (SSSR count). The van der Waals surface area contributed by atoms with Gasteiger partial charge in [0, 0.05) is 17.7 Å². The van der Waals surface area contributed by atoms with Crippen molar-refractivity contribution >= 4 is 34.5 Å². The van der Waals surface area contributed by atoms with Crippen molar-refractivity contribution in [3.05, 3.63) is 47.1 Å². The molecule has 18 heavy (non-hydrogen) atoms. The molecule has 0 fully saturated rings. The molecule has 0 amide bonds. The van der Waals surface area contributed by atoms with Crippen molar-refractivity contribution in [3.63, 3.8) is 0 Å². The summed E-state index contributed by atoms with van der Waals surface area (Å²) in [5.41, 5.74) is 1.68. The van der Waals surface area contributed by atoms with E-state index in [4.69, 9.17) is 16.3 Å². The summed E-state index contributed by atoms with van der Waals surface area (Å²) in [6.07, 6.45) is 4.75. The lowest BCUT2D eigenvalue weighted by Crippen LogP contribution is -1.98. The Kier molecular flexibility index (Phi) is 3.95. The molecule has 1 heterocycles. The highest BCUT2D eigenvalue weighted by atomic mass is 35.5. The molecule has 0 saturated carbocycles. The molecule has 0 unspecified atom stereocenters. The second-order valence-electron chi connectivity index (χ2n) is 3.65. The second-order valence-corrected chi connectivity index (χ2v) is 4.06. The first-order valence-electron chi connectivity index (χ1n) is 5.60. The van der Waals surface area contributed by atoms with E-state index in [0.29, 0.717) is 11.6 Å². The topological polar surface area (TPSA) is 39.2 Å². The number of carbonyl (C=O) groups excluding carboxylic acids is 1. The summed E-state index contributed by atoms with van der Waals surface area (Å²) in [5, 5.41) is 1.56. The number of rotatable bonds is 3. The first kappa shape index (κ1) is 12.6. The molecule has 0 aliphatic heterocycles. The van der Waals surface area contributed by atoms with Crippen molar-refractivity contribution in [1.82, 2.24) is 4.98 Å². The quantitative estimate of drug-likeness (QED) is 0.627. The van der Waals surface area contributed by atoms with Crippen LogP contribution in [0, 0.1) is 0 Å². The minimum absolute atomic E-state index is 0.350. The summed E-state index contributed by atoms with van der Waals surface area (Å²) in [4.78, 5) is 15.4. The minimum atomic E-state index is -0.350. The lowest BCUT2D eigenvalue weighted by Gasteiger charge is -2.00. The average Bonchev–Trinajstić information content (AvgIpc) is 2.37. The van der Waals surface area contributed by atoms with Crippen LogP contribution in [0.4, 0.5) is 0 Å². The summed E-state index contributed by atoms with van der Waals surface area (Å²) in [5.74, 6) is -0.350. The van der Waals surface area contributed by atoms with Crippen LogP contribution in [0.5, 0.6) is 0 Å². The third-order valence-electron chi connectivity index (χ3n) is 2.41. The fraction of sp³-hybridized carbons (Fsp3) is 0.143. The number of aromatic nitrogens is 1. The summed E-state index contributed by atoms with van der Waals surface area (Å²) in [6.45, 7) is 2.14. The lowest BCUT2D eigenvalue weighted by atomic mass is 10.1. The molecular weight excluding hydrogens is 250 g/mol. The van der Waals surface area contributed by atoms with Gasteiger partial charge >= 0.3 is 5.97 Å². The molecule has 2 aromatic rings. The fourth-order valence-electron chi connectivity index (χ4n) is 1.59. The van der Waals surface area contributed by atoms with Crippen LogP contribution in [0.15, 0.2) is 36.5 Å². The van der Waals surface area contributed by atoms with Gasteiger partial charge in [0.05, 0.1) is 17.1 Å². The van der Waals surface area contributed by atoms with Crippen molar-refractivity contribution in [2.24, 2.45) is 0 Å². The van der Waals surface area contributed by atoms with Crippen LogP contribution in [-0.4, -0.2) is 17.6 Å². The fourth-order valence-corrected chi connectivity index (χ4v) is 1.80. The number of nitrogens with zero attached hydrogens (tertiary/aromatic N) is 1. The third kappa shape index (κ3) is 2.87. The number of carbonyl (C=O) groups is 1. The largest absolute Gasteiger partial charge is 0.463 e. The Hall–Kier alpha value is -1.87. The van der Waals surface area contributed by atoms with Crippen LogP contribution in [-0.2, 0) is 9.53 Å². The molecular formula is C14H12ClNO2. The summed E-state index contributed by atoms with van der Waals surface area (Å²) in [6, 6.07) is 7.38. The highest BCUT2D eigenvalue weighted by molar-refractivity contribution is 6.35. The van der Waals surface area contributed by atoms with Gasteiger partial charge in [0.15, 0.2) is 0 Å². The van der Waals surface area contributed by atoms with E-state index < -0.39 is 0 Å². The highest BCUT2D eigenvalue weighted by Crippen LogP contribution is 2.22. The second kappa shape index (κ2) is 5.65. The zero-order valence-corrected chi connectivity index (χ0v) is 10.6. The number of ether oxygens (including phenoxy) is 1. The smallest absolute Gasteiger partial charge is 0.330 e. The van der Waals surface area contributed by atoms with Gasteiger partial charge in [0.1, 0.15) is 0 Å². The van der Waals surface area contributed by atoms with E-state index in [2.05, 4.69) is 4.98 Å². The first-order valence-corrected chi connectivity index (χ1v) is 5.97. The number of halogens is 1. The SMILES string of the molecule is CCOC(=O)/C=C/c1ccc2c(Cl)ccnc2c1. The van der Waals surface area contributed by atoms with E-state index in [9.17, 15) is 4.79 Å². The van der Waals surface area contributed by atoms with Crippen LogP contribution in [0.1, 0.15) is 12.5 Å². The molecule has 3 nitrogen and oxygen atoms in total. The Morgan fingerprint density at radius 1 is 1.44 bits per heavy atom. The van der Waals surface area contributed by atoms with Gasteiger partial charge in [-0.25, -0.2) is 4.79 Å². The predicted molar refractivity (Wildman–Crippen MR) is 72.4 cm³/mol. The molecule has 92 valence electrons. The van der Waals surface area contributed by atoms with Crippen LogP contribution in [0.3, 0.4) is 0 Å². The lowest BCUT2D eigenvalue weighted by molar-refractivity contribution is -0.137. The van der Waals surface area contributed by atoms with Crippen LogP contribution in [0.2, 0.25) is 5.02 Å². The van der Waals surface area contributed by atoms with Crippen LogP contribution >= 0.6 is 11.6 Å². The summed E-state index contributed by atoms with van der Waals surface area (Å²) >= 11 is 6.05. The Labute approximate surface area is 110 Å². The summed E-state index contributed by atoms with van der Waals surface area (Å²) < 4.78 is 4.81. The Balaban J connectivity index is 2.28. The maximum atomic E-state index is 11.2. The number of hydrogen-bond donors (Lipinski definition) is 0. The Morgan fingerprint density at radius 2 is 2.28 bits per heavy atom. The first-order chi connectivity index (χ1) is 8.70. The molecule has 0 atom stereocenters. The van der Waals surface area contributed by atoms with Crippen molar-refractivity contribution in [2.45, 2.75) is 6.92 Å². The molecule has 0 aliphatic carbocycles. The number of pyridine rings is 1. The van der Waals surface area contributed by atoms with Gasteiger partial charge in [0.2, 0.25) is 0 Å². The van der Waals surface area contributed by atoms with E-state index in [1.807, 2.05) is 18.2 Å². The van der Waals surface area contributed by atoms with Crippen molar-refractivity contribution in [2.75, 3.05) is 6.61 Å². The molecule has 0 aliphatic rings. The molecule has 0 spiro atoms. The van der Waals surface area contributed by atoms with Gasteiger partial charge in [-0.1, -0.05) is 23.7 Å². The summed E-state index contributed by atoms with van der Waals surface area (Å²) in [7, 11) is 0. The van der Waals surface area contributed by atoms with Crippen molar-refractivity contribution < 1.29 is 9.53 Å². The van der Waals surface area contributed by atoms with E-state index in [0.717, 1.165) is 16.5 Å². The van der Waals surface area contributed by atoms with Crippen LogP contribution in [0.25, 0.3) is 17.0 Å². The Morgan fingerprint density at radius 3 is 3.06 bits per heavy atom. The van der Waals surface area contributed by atoms with Crippen molar-refractivity contribution in [1.29, 1.82) is 0 Å². The van der Waals surface area contributed by atoms with Gasteiger partial charge in [-0.05, 0) is 30.7 Å². The van der Waals surface area contributed by atoms with Crippen LogP contribution < -0.4 is 0 Å². The molecule has 4 heteroatoms. The van der Waals surface area contributed by atoms with E-state index in [1.54, 1.807) is 25.3 Å². The standard InChI is InChI=1S/C14H12ClNO2/c1-2-18-14(17)6-4-10-3-5-11-12(15)7-8-16-13(11)9-10/h3-9H,2H2,1H3/b6-4+. The van der Waals surface area contributed by atoms with Crippen molar-refractivity contribution in [3.8, 4) is 0 Å². The maximum Gasteiger partial charge on any atom is 0.330 e. The molecule has 1 aromatic heterocycles. The average molecular weight is 262 g/mol. The third-order valence-corrected chi connectivity index (χ3v) is 2.74. The van der Waals surface area contributed by atoms with Gasteiger partial charge < -0.3 is 4.74 Å². The molecule has 0 radical (unpaired) electrons. The number of esters is 1. The molecule has 0 N–H and O–H groups in total. The Bertz CT molecular complexity index is 608. The van der Waals surface area contributed by atoms with Gasteiger partial charge in [0.25, 0.3) is 0 Å². The zero-order valence-electron chi connectivity index (χ0n) is 9.89. The number of benzene rings is 1. The maximum absolute atomic E-state index is 11.2. The van der Waals surface area contributed by atoms with Gasteiger partial charge in [-0.2, -0.15) is 0 Å². The number of hydrogen-bond acceptors (Lipinski definition) is 3.